The Morgan fingerprint density at radius 2 is 1.46 bits per heavy atom. The van der Waals surface area contributed by atoms with Crippen molar-refractivity contribution < 1.29 is 36.1 Å². The third kappa shape index (κ3) is 7.38. The fourth-order valence-electron chi connectivity index (χ4n) is 5.75. The minimum atomic E-state index is -4.48. The first-order chi connectivity index (χ1) is 23.6. The predicted molar refractivity (Wildman–Crippen MR) is 191 cm³/mol. The minimum Gasteiger partial charge on any atom is -0.355 e. The van der Waals surface area contributed by atoms with Gasteiger partial charge in [0.05, 0.1) is 16.3 Å². The summed E-state index contributed by atoms with van der Waals surface area (Å²) in [6, 6.07) is 14.3. The van der Waals surface area contributed by atoms with E-state index in [-0.39, 0.29) is 38.7 Å². The number of carbonyl (C=O) groups is 3. The maximum Gasteiger partial charge on any atom is 0.294 e. The van der Waals surface area contributed by atoms with E-state index in [9.17, 15) is 36.1 Å². The van der Waals surface area contributed by atoms with Gasteiger partial charge in [0.2, 0.25) is 5.91 Å². The van der Waals surface area contributed by atoms with Crippen molar-refractivity contribution in [2.45, 2.75) is 30.6 Å². The van der Waals surface area contributed by atoms with Crippen LogP contribution in [0.2, 0.25) is 0 Å². The van der Waals surface area contributed by atoms with Crippen LogP contribution in [0.4, 0.5) is 25.8 Å². The van der Waals surface area contributed by atoms with Gasteiger partial charge in [0.1, 0.15) is 23.1 Å². The number of halogens is 3. The third-order valence-corrected chi connectivity index (χ3v) is 9.67. The normalized spacial score (nSPS) is 16.8. The number of benzene rings is 3. The zero-order chi connectivity index (χ0) is 36.4. The molecule has 0 spiro atoms. The number of thiocarbonyl (C=S) groups is 1. The molecule has 2 aliphatic heterocycles. The number of hydrogen-bond donors (Lipinski definition) is 2. The molecule has 0 aromatic heterocycles. The number of hydrogen-bond acceptors (Lipinski definition) is 7. The molecule has 5 rings (SSSR count). The number of nitrogens with one attached hydrogen (secondary N) is 1. The quantitative estimate of drug-likeness (QED) is 0.0669. The van der Waals surface area contributed by atoms with E-state index in [1.807, 2.05) is 18.7 Å². The molecule has 260 valence electrons. The molecule has 0 unspecified atom stereocenters. The Kier molecular flexibility index (Phi) is 10.7. The summed E-state index contributed by atoms with van der Waals surface area (Å²) in [5.41, 5.74) is 1.43. The highest BCUT2D eigenvalue weighted by Gasteiger charge is 2.42. The Morgan fingerprint density at radius 3 is 1.98 bits per heavy atom. The summed E-state index contributed by atoms with van der Waals surface area (Å²) >= 11 is 11.1. The van der Waals surface area contributed by atoms with Crippen molar-refractivity contribution in [3.8, 4) is 0 Å². The number of fused-ring (bicyclic) bond motifs is 1. The Balaban J connectivity index is 1.52. The van der Waals surface area contributed by atoms with Gasteiger partial charge in [0.25, 0.3) is 21.9 Å². The highest BCUT2D eigenvalue weighted by atomic mass is 35.5. The summed E-state index contributed by atoms with van der Waals surface area (Å²) in [4.78, 5) is 43.0. The van der Waals surface area contributed by atoms with Crippen molar-refractivity contribution in [3.63, 3.8) is 0 Å². The largest absolute Gasteiger partial charge is 0.355 e. The molecular formula is C35H31ClF2N4O6S2. The van der Waals surface area contributed by atoms with Crippen molar-refractivity contribution in [1.29, 1.82) is 0 Å². The molecule has 0 atom stereocenters. The zero-order valence-corrected chi connectivity index (χ0v) is 29.2. The van der Waals surface area contributed by atoms with Gasteiger partial charge in [0.15, 0.2) is 5.11 Å². The SMILES string of the molecule is CC1(C)/C(=C\C=C\C=C2C(=O)N(c3ccc(F)cc3)C(=S)N(c3ccc(F)cc3)C2=O)N(CCCNC(=O)CCl)c2ccc(S(=O)(=O)O)cc21. The van der Waals surface area contributed by atoms with Gasteiger partial charge < -0.3 is 10.2 Å². The van der Waals surface area contributed by atoms with E-state index in [0.717, 1.165) is 39.8 Å². The fourth-order valence-corrected chi connectivity index (χ4v) is 6.73. The maximum absolute atomic E-state index is 13.7. The molecule has 0 radical (unpaired) electrons. The first-order valence-electron chi connectivity index (χ1n) is 15.2. The van der Waals surface area contributed by atoms with Gasteiger partial charge in [-0.15, -0.1) is 11.6 Å². The fraction of sp³-hybridized carbons (Fsp3) is 0.200. The van der Waals surface area contributed by atoms with Crippen LogP contribution in [0.15, 0.2) is 107 Å². The van der Waals surface area contributed by atoms with Crippen LogP contribution in [0.3, 0.4) is 0 Å². The van der Waals surface area contributed by atoms with Crippen molar-refractivity contribution >= 4 is 73.8 Å². The number of allylic oxidation sites excluding steroid dienone is 5. The van der Waals surface area contributed by atoms with E-state index in [0.29, 0.717) is 30.8 Å². The lowest BCUT2D eigenvalue weighted by atomic mass is 9.83. The van der Waals surface area contributed by atoms with Gasteiger partial charge >= 0.3 is 0 Å². The summed E-state index contributed by atoms with van der Waals surface area (Å²) in [5, 5.41) is 2.51. The molecule has 3 amide bonds. The van der Waals surface area contributed by atoms with Gasteiger partial charge in [-0.2, -0.15) is 8.42 Å². The number of carbonyl (C=O) groups excluding carboxylic acids is 3. The molecule has 10 nitrogen and oxygen atoms in total. The molecule has 0 aliphatic carbocycles. The van der Waals surface area contributed by atoms with E-state index in [4.69, 9.17) is 23.8 Å². The van der Waals surface area contributed by atoms with E-state index >= 15 is 0 Å². The third-order valence-electron chi connectivity index (χ3n) is 8.21. The van der Waals surface area contributed by atoms with Crippen molar-refractivity contribution in [2.75, 3.05) is 33.7 Å². The summed E-state index contributed by atoms with van der Waals surface area (Å²) in [6.45, 7) is 4.50. The monoisotopic (exact) mass is 740 g/mol. The van der Waals surface area contributed by atoms with Crippen molar-refractivity contribution in [3.05, 3.63) is 120 Å². The van der Waals surface area contributed by atoms with Gasteiger partial charge in [0, 0.05) is 29.9 Å². The minimum absolute atomic E-state index is 0.177. The van der Waals surface area contributed by atoms with Crippen LogP contribution in [0, 0.1) is 11.6 Å². The van der Waals surface area contributed by atoms with Crippen LogP contribution in [-0.2, 0) is 29.9 Å². The van der Waals surface area contributed by atoms with Crippen LogP contribution >= 0.6 is 23.8 Å². The second-order valence-electron chi connectivity index (χ2n) is 11.8. The van der Waals surface area contributed by atoms with Crippen LogP contribution in [-0.4, -0.2) is 54.8 Å². The first kappa shape index (κ1) is 36.5. The molecule has 1 saturated heterocycles. The Bertz CT molecular complexity index is 2000. The van der Waals surface area contributed by atoms with Gasteiger partial charge in [-0.1, -0.05) is 26.0 Å². The van der Waals surface area contributed by atoms with E-state index in [2.05, 4.69) is 5.32 Å². The first-order valence-corrected chi connectivity index (χ1v) is 17.6. The Hall–Kier alpha value is -4.76. The predicted octanol–water partition coefficient (Wildman–Crippen LogP) is 5.79. The molecular weight excluding hydrogens is 710 g/mol. The van der Waals surface area contributed by atoms with Gasteiger partial charge in [-0.25, -0.2) is 8.78 Å². The topological polar surface area (TPSA) is 127 Å². The molecule has 3 aromatic rings. The summed E-state index contributed by atoms with van der Waals surface area (Å²) in [7, 11) is -4.48. The molecule has 1 fully saturated rings. The van der Waals surface area contributed by atoms with Crippen molar-refractivity contribution in [2.24, 2.45) is 0 Å². The summed E-state index contributed by atoms with van der Waals surface area (Å²) in [5.74, 6) is -3.08. The Morgan fingerprint density at radius 1 is 0.920 bits per heavy atom. The number of amides is 3. The van der Waals surface area contributed by atoms with Gasteiger partial charge in [-0.3, -0.25) is 28.7 Å². The lowest BCUT2D eigenvalue weighted by Gasteiger charge is -2.36. The lowest BCUT2D eigenvalue weighted by molar-refractivity contribution is -0.121. The summed E-state index contributed by atoms with van der Waals surface area (Å²) in [6.07, 6.45) is 6.66. The molecule has 0 bridgehead atoms. The van der Waals surface area contributed by atoms with Crippen LogP contribution < -0.4 is 20.0 Å². The molecule has 15 heteroatoms. The van der Waals surface area contributed by atoms with E-state index < -0.39 is 39.0 Å². The second kappa shape index (κ2) is 14.6. The summed E-state index contributed by atoms with van der Waals surface area (Å²) < 4.78 is 61.1. The van der Waals surface area contributed by atoms with E-state index in [1.165, 1.54) is 48.6 Å². The van der Waals surface area contributed by atoms with Crippen LogP contribution in [0.1, 0.15) is 25.8 Å². The molecule has 3 aromatic carbocycles. The Labute approximate surface area is 298 Å². The van der Waals surface area contributed by atoms with Gasteiger partial charge in [-0.05, 0) is 103 Å². The molecule has 2 N–H and O–H groups in total. The maximum atomic E-state index is 13.7. The number of alkyl halides is 1. The smallest absolute Gasteiger partial charge is 0.294 e. The van der Waals surface area contributed by atoms with Crippen LogP contribution in [0.25, 0.3) is 0 Å². The highest BCUT2D eigenvalue weighted by Crippen LogP contribution is 2.48. The zero-order valence-electron chi connectivity index (χ0n) is 26.8. The molecule has 0 saturated carbocycles. The average Bonchev–Trinajstić information content (AvgIpc) is 3.28. The number of anilines is 3. The van der Waals surface area contributed by atoms with Crippen LogP contribution in [0.5, 0.6) is 0 Å². The van der Waals surface area contributed by atoms with Crippen molar-refractivity contribution in [1.82, 2.24) is 5.32 Å². The molecule has 2 aliphatic rings. The second-order valence-corrected chi connectivity index (χ2v) is 13.9. The molecule has 2 heterocycles. The number of nitrogens with zero attached hydrogens (tertiary/aromatic N) is 3. The highest BCUT2D eigenvalue weighted by molar-refractivity contribution is 7.85. The molecule has 50 heavy (non-hydrogen) atoms. The number of rotatable bonds is 10. The lowest BCUT2D eigenvalue weighted by Crippen LogP contribution is -2.57. The van der Waals surface area contributed by atoms with E-state index in [1.54, 1.807) is 18.2 Å². The standard InChI is InChI=1S/C35H31ClF2N4O6S2/c1-35(2)28-20-26(50(46,47)48)16-17-29(28)40(19-5-18-39-31(43)21-36)30(35)7-4-3-6-27-32(44)41(24-12-8-22(37)9-13-24)34(49)42(33(27)45)25-14-10-23(38)11-15-25/h3-4,6-17,20H,5,18-19,21H2,1-2H3,(H,39,43)(H,46,47,48)/b4-3+,30-7+. The average molecular weight is 741 g/mol.